The zero-order valence-electron chi connectivity index (χ0n) is 12.3. The molecule has 4 N–H and O–H groups in total. The van der Waals surface area contributed by atoms with Crippen molar-refractivity contribution in [1.29, 1.82) is 0 Å². The number of anilines is 2. The minimum absolute atomic E-state index is 0.0506. The van der Waals surface area contributed by atoms with E-state index in [9.17, 15) is 9.59 Å². The normalized spacial score (nSPS) is 11.8. The second-order valence-electron chi connectivity index (χ2n) is 4.97. The molecule has 0 fully saturated rings. The highest BCUT2D eigenvalue weighted by Gasteiger charge is 2.12. The van der Waals surface area contributed by atoms with Crippen molar-refractivity contribution in [2.24, 2.45) is 11.7 Å². The topological polar surface area (TPSA) is 84.2 Å². The third-order valence-electron chi connectivity index (χ3n) is 3.22. The second kappa shape index (κ2) is 7.65. The predicted octanol–water partition coefficient (Wildman–Crippen LogP) is 2.27. The Morgan fingerprint density at radius 1 is 1.30 bits per heavy atom. The Hall–Kier alpha value is -1.88. The summed E-state index contributed by atoms with van der Waals surface area (Å²) >= 11 is 0. The van der Waals surface area contributed by atoms with Gasteiger partial charge in [0, 0.05) is 24.7 Å². The zero-order chi connectivity index (χ0) is 15.1. The monoisotopic (exact) mass is 277 g/mol. The number of hydrogen-bond acceptors (Lipinski definition) is 3. The average Bonchev–Trinajstić information content (AvgIpc) is 2.39. The largest absolute Gasteiger partial charge is 0.330 e. The van der Waals surface area contributed by atoms with Gasteiger partial charge in [-0.3, -0.25) is 9.59 Å². The molecule has 110 valence electrons. The quantitative estimate of drug-likeness (QED) is 0.745. The third-order valence-corrected chi connectivity index (χ3v) is 3.22. The van der Waals surface area contributed by atoms with E-state index in [-0.39, 0.29) is 17.7 Å². The maximum atomic E-state index is 12.0. The van der Waals surface area contributed by atoms with Gasteiger partial charge in [0.2, 0.25) is 11.8 Å². The summed E-state index contributed by atoms with van der Waals surface area (Å²) in [4.78, 5) is 23.0. The maximum absolute atomic E-state index is 12.0. The third kappa shape index (κ3) is 5.01. The molecule has 5 nitrogen and oxygen atoms in total. The van der Waals surface area contributed by atoms with Gasteiger partial charge in [0.25, 0.3) is 0 Å². The maximum Gasteiger partial charge on any atom is 0.224 e. The molecule has 0 aliphatic rings. The highest BCUT2D eigenvalue weighted by atomic mass is 16.2. The van der Waals surface area contributed by atoms with Crippen LogP contribution in [0.1, 0.15) is 32.3 Å². The number of aryl methyl sites for hydroxylation is 1. The van der Waals surface area contributed by atoms with Crippen molar-refractivity contribution in [1.82, 2.24) is 0 Å². The first-order valence-electron chi connectivity index (χ1n) is 6.84. The summed E-state index contributed by atoms with van der Waals surface area (Å²) in [6, 6.07) is 5.43. The number of rotatable bonds is 6. The summed E-state index contributed by atoms with van der Waals surface area (Å²) in [5.41, 5.74) is 7.94. The molecule has 0 saturated heterocycles. The molecule has 1 unspecified atom stereocenters. The molecule has 0 aliphatic carbocycles. The van der Waals surface area contributed by atoms with E-state index in [4.69, 9.17) is 5.73 Å². The van der Waals surface area contributed by atoms with Gasteiger partial charge in [-0.05, 0) is 37.1 Å². The Balaban J connectivity index is 2.75. The molecule has 1 aromatic carbocycles. The van der Waals surface area contributed by atoms with Crippen LogP contribution in [0.15, 0.2) is 18.2 Å². The number of benzene rings is 1. The number of carbonyl (C=O) groups is 2. The summed E-state index contributed by atoms with van der Waals surface area (Å²) in [5.74, 6) is 0.0134. The molecular weight excluding hydrogens is 254 g/mol. The van der Waals surface area contributed by atoms with Crippen LogP contribution in [0, 0.1) is 12.8 Å². The van der Waals surface area contributed by atoms with E-state index in [0.717, 1.165) is 12.0 Å². The fraction of sp³-hybridized carbons (Fsp3) is 0.467. The van der Waals surface area contributed by atoms with Crippen LogP contribution in [0.3, 0.4) is 0 Å². The minimum atomic E-state index is -0.139. The Morgan fingerprint density at radius 3 is 2.55 bits per heavy atom. The lowest BCUT2D eigenvalue weighted by Crippen LogP contribution is -2.22. The van der Waals surface area contributed by atoms with E-state index in [2.05, 4.69) is 10.6 Å². The highest BCUT2D eigenvalue weighted by molar-refractivity contribution is 5.94. The van der Waals surface area contributed by atoms with Crippen LogP contribution in [0.4, 0.5) is 11.4 Å². The van der Waals surface area contributed by atoms with Gasteiger partial charge in [-0.2, -0.15) is 0 Å². The van der Waals surface area contributed by atoms with Gasteiger partial charge in [-0.15, -0.1) is 0 Å². The average molecular weight is 277 g/mol. The van der Waals surface area contributed by atoms with Crippen LogP contribution < -0.4 is 16.4 Å². The van der Waals surface area contributed by atoms with Crippen molar-refractivity contribution < 1.29 is 9.59 Å². The molecule has 0 heterocycles. The molecule has 1 rings (SSSR count). The first-order valence-corrected chi connectivity index (χ1v) is 6.84. The van der Waals surface area contributed by atoms with E-state index in [1.165, 1.54) is 6.92 Å². The Labute approximate surface area is 119 Å². The van der Waals surface area contributed by atoms with E-state index >= 15 is 0 Å². The lowest BCUT2D eigenvalue weighted by atomic mass is 10.0. The molecular formula is C15H23N3O2. The number of nitrogens with two attached hydrogens (primary N) is 1. The summed E-state index contributed by atoms with van der Waals surface area (Å²) in [5, 5.41) is 5.58. The van der Waals surface area contributed by atoms with E-state index in [1.54, 1.807) is 12.1 Å². The second-order valence-corrected chi connectivity index (χ2v) is 4.97. The molecule has 20 heavy (non-hydrogen) atoms. The van der Waals surface area contributed by atoms with Crippen molar-refractivity contribution in [3.63, 3.8) is 0 Å². The smallest absolute Gasteiger partial charge is 0.224 e. The summed E-state index contributed by atoms with van der Waals surface area (Å²) in [7, 11) is 0. The highest BCUT2D eigenvalue weighted by Crippen LogP contribution is 2.21. The Kier molecular flexibility index (Phi) is 6.18. The van der Waals surface area contributed by atoms with Crippen molar-refractivity contribution in [3.05, 3.63) is 23.8 Å². The van der Waals surface area contributed by atoms with Crippen LogP contribution >= 0.6 is 0 Å². The fourth-order valence-electron chi connectivity index (χ4n) is 1.90. The molecule has 0 radical (unpaired) electrons. The van der Waals surface area contributed by atoms with Gasteiger partial charge in [-0.25, -0.2) is 0 Å². The van der Waals surface area contributed by atoms with E-state index in [1.807, 2.05) is 19.9 Å². The summed E-state index contributed by atoms with van der Waals surface area (Å²) < 4.78 is 0. The first kappa shape index (κ1) is 16.2. The van der Waals surface area contributed by atoms with Gasteiger partial charge >= 0.3 is 0 Å². The lowest BCUT2D eigenvalue weighted by Gasteiger charge is -2.14. The van der Waals surface area contributed by atoms with Crippen molar-refractivity contribution in [3.8, 4) is 0 Å². The predicted molar refractivity (Wildman–Crippen MR) is 81.6 cm³/mol. The molecule has 1 atom stereocenters. The molecule has 5 heteroatoms. The van der Waals surface area contributed by atoms with E-state index < -0.39 is 0 Å². The summed E-state index contributed by atoms with van der Waals surface area (Å²) in [6.07, 6.45) is 1.30. The SMILES string of the molecule is CCC(CN)CC(=O)Nc1cc(NC(C)=O)ccc1C. The van der Waals surface area contributed by atoms with Crippen molar-refractivity contribution >= 4 is 23.2 Å². The Morgan fingerprint density at radius 2 is 2.00 bits per heavy atom. The van der Waals surface area contributed by atoms with Gasteiger partial charge in [0.05, 0.1) is 0 Å². The van der Waals surface area contributed by atoms with Crippen LogP contribution in [-0.4, -0.2) is 18.4 Å². The minimum Gasteiger partial charge on any atom is -0.330 e. The molecule has 1 aromatic rings. The number of nitrogens with one attached hydrogen (secondary N) is 2. The molecule has 0 saturated carbocycles. The van der Waals surface area contributed by atoms with E-state index in [0.29, 0.717) is 24.3 Å². The molecule has 0 aromatic heterocycles. The van der Waals surface area contributed by atoms with Crippen LogP contribution in [0.25, 0.3) is 0 Å². The van der Waals surface area contributed by atoms with Crippen molar-refractivity contribution in [2.75, 3.05) is 17.2 Å². The van der Waals surface area contributed by atoms with Crippen LogP contribution in [0.5, 0.6) is 0 Å². The number of carbonyl (C=O) groups excluding carboxylic acids is 2. The molecule has 2 amide bonds. The molecule has 0 aliphatic heterocycles. The van der Waals surface area contributed by atoms with Gasteiger partial charge in [0.15, 0.2) is 0 Å². The fourth-order valence-corrected chi connectivity index (χ4v) is 1.90. The lowest BCUT2D eigenvalue weighted by molar-refractivity contribution is -0.117. The standard InChI is InChI=1S/C15H23N3O2/c1-4-12(9-16)7-15(20)18-14-8-13(17-11(3)19)6-5-10(14)2/h5-6,8,12H,4,7,9,16H2,1-3H3,(H,17,19)(H,18,20). The molecule has 0 spiro atoms. The zero-order valence-corrected chi connectivity index (χ0v) is 12.3. The van der Waals surface area contributed by atoms with Crippen LogP contribution in [-0.2, 0) is 9.59 Å². The van der Waals surface area contributed by atoms with Crippen molar-refractivity contribution in [2.45, 2.75) is 33.6 Å². The first-order chi connectivity index (χ1) is 9.46. The number of hydrogen-bond donors (Lipinski definition) is 3. The molecule has 0 bridgehead atoms. The number of amides is 2. The van der Waals surface area contributed by atoms with Crippen LogP contribution in [0.2, 0.25) is 0 Å². The van der Waals surface area contributed by atoms with Gasteiger partial charge in [0.1, 0.15) is 0 Å². The Bertz CT molecular complexity index is 482. The van der Waals surface area contributed by atoms with Gasteiger partial charge < -0.3 is 16.4 Å². The summed E-state index contributed by atoms with van der Waals surface area (Å²) in [6.45, 7) is 5.89. The van der Waals surface area contributed by atoms with Gasteiger partial charge in [-0.1, -0.05) is 19.4 Å².